The normalized spacial score (nSPS) is 24.2. The lowest BCUT2D eigenvalue weighted by Gasteiger charge is -2.33. The van der Waals surface area contributed by atoms with Gasteiger partial charge in [0.25, 0.3) is 5.91 Å². The number of likely N-dealkylation sites (N-methyl/N-ethyl adjacent to an activating group) is 1. The quantitative estimate of drug-likeness (QED) is 0.812. The largest absolute Gasteiger partial charge is 0.490 e. The highest BCUT2D eigenvalue weighted by Crippen LogP contribution is 2.34. The second-order valence-corrected chi connectivity index (χ2v) is 8.11. The van der Waals surface area contributed by atoms with Gasteiger partial charge in [0.1, 0.15) is 12.4 Å². The molecule has 2 aliphatic rings. The number of nitrogens with zero attached hydrogens (tertiary/aromatic N) is 1. The first kappa shape index (κ1) is 18.7. The molecule has 142 valence electrons. The number of hydrogen-bond donors (Lipinski definition) is 2. The van der Waals surface area contributed by atoms with E-state index in [1.54, 1.807) is 7.05 Å². The van der Waals surface area contributed by atoms with Gasteiger partial charge in [-0.15, -0.1) is 0 Å². The van der Waals surface area contributed by atoms with Gasteiger partial charge in [0.2, 0.25) is 0 Å². The molecule has 1 aromatic carbocycles. The number of guanidine groups is 1. The molecular formula is C21H31N3O2. The number of ether oxygens (including phenoxy) is 1. The molecule has 2 N–H and O–H groups in total. The Kier molecular flexibility index (Phi) is 5.54. The van der Waals surface area contributed by atoms with E-state index in [9.17, 15) is 4.79 Å². The fourth-order valence-corrected chi connectivity index (χ4v) is 4.26. The number of amides is 1. The third-order valence-corrected chi connectivity index (χ3v) is 5.78. The van der Waals surface area contributed by atoms with E-state index in [4.69, 9.17) is 10.1 Å². The Balaban J connectivity index is 1.80. The number of rotatable bonds is 6. The van der Waals surface area contributed by atoms with E-state index >= 15 is 0 Å². The predicted molar refractivity (Wildman–Crippen MR) is 104 cm³/mol. The molecule has 5 heteroatoms. The second kappa shape index (κ2) is 7.68. The predicted octanol–water partition coefficient (Wildman–Crippen LogP) is 3.89. The summed E-state index contributed by atoms with van der Waals surface area (Å²) >= 11 is 0. The molecule has 0 spiro atoms. The summed E-state index contributed by atoms with van der Waals surface area (Å²) in [6.07, 6.45) is 6.83. The van der Waals surface area contributed by atoms with Gasteiger partial charge in [-0.3, -0.25) is 15.1 Å². The van der Waals surface area contributed by atoms with Gasteiger partial charge in [-0.1, -0.05) is 64.2 Å². The van der Waals surface area contributed by atoms with Crippen molar-refractivity contribution in [1.29, 1.82) is 5.41 Å². The number of hydrogen-bond acceptors (Lipinski definition) is 3. The summed E-state index contributed by atoms with van der Waals surface area (Å²) in [5.74, 6) is 1.83. The van der Waals surface area contributed by atoms with Crippen molar-refractivity contribution >= 4 is 11.9 Å². The van der Waals surface area contributed by atoms with Crippen LogP contribution in [-0.2, 0) is 4.79 Å². The summed E-state index contributed by atoms with van der Waals surface area (Å²) in [6, 6.07) is 8.03. The summed E-state index contributed by atoms with van der Waals surface area (Å²) in [7, 11) is 1.67. The molecule has 1 aliphatic carbocycles. The summed E-state index contributed by atoms with van der Waals surface area (Å²) in [6.45, 7) is 4.55. The van der Waals surface area contributed by atoms with Crippen LogP contribution in [0.5, 0.6) is 5.75 Å². The van der Waals surface area contributed by atoms with Crippen molar-refractivity contribution in [1.82, 2.24) is 10.2 Å². The highest BCUT2D eigenvalue weighted by molar-refractivity contribution is 6.07. The Morgan fingerprint density at radius 2 is 1.96 bits per heavy atom. The zero-order valence-corrected chi connectivity index (χ0v) is 16.2. The second-order valence-electron chi connectivity index (χ2n) is 8.11. The first-order chi connectivity index (χ1) is 12.4. The fraction of sp³-hybridized carbons (Fsp3) is 0.619. The summed E-state index contributed by atoms with van der Waals surface area (Å²) < 4.78 is 6.19. The molecule has 0 aromatic heterocycles. The third kappa shape index (κ3) is 3.71. The van der Waals surface area contributed by atoms with Crippen molar-refractivity contribution in [2.75, 3.05) is 13.7 Å². The van der Waals surface area contributed by atoms with Crippen LogP contribution < -0.4 is 10.1 Å². The van der Waals surface area contributed by atoms with Crippen LogP contribution in [0.15, 0.2) is 24.3 Å². The minimum Gasteiger partial charge on any atom is -0.490 e. The Hall–Kier alpha value is -2.04. The summed E-state index contributed by atoms with van der Waals surface area (Å²) in [5.41, 5.74) is 0.326. The van der Waals surface area contributed by atoms with Gasteiger partial charge in [0, 0.05) is 7.05 Å². The monoisotopic (exact) mass is 357 g/mol. The van der Waals surface area contributed by atoms with Gasteiger partial charge in [0.05, 0.1) is 0 Å². The molecule has 1 unspecified atom stereocenters. The highest BCUT2D eigenvalue weighted by Gasteiger charge is 2.50. The summed E-state index contributed by atoms with van der Waals surface area (Å²) in [5, 5.41) is 11.3. The molecule has 3 rings (SSSR count). The number of carbonyl (C=O) groups excluding carboxylic acids is 1. The molecule has 1 heterocycles. The molecule has 5 nitrogen and oxygen atoms in total. The molecule has 0 radical (unpaired) electrons. The van der Waals surface area contributed by atoms with Crippen LogP contribution >= 0.6 is 0 Å². The van der Waals surface area contributed by atoms with Gasteiger partial charge < -0.3 is 10.1 Å². The zero-order chi connectivity index (χ0) is 18.7. The van der Waals surface area contributed by atoms with Gasteiger partial charge in [0.15, 0.2) is 11.5 Å². The van der Waals surface area contributed by atoms with E-state index in [1.807, 2.05) is 18.2 Å². The van der Waals surface area contributed by atoms with Gasteiger partial charge in [-0.05, 0) is 29.9 Å². The minimum absolute atomic E-state index is 0.0462. The van der Waals surface area contributed by atoms with Crippen LogP contribution in [0.3, 0.4) is 0 Å². The summed E-state index contributed by atoms with van der Waals surface area (Å²) in [4.78, 5) is 14.4. The number of nitrogens with one attached hydrogen (secondary N) is 2. The van der Waals surface area contributed by atoms with Crippen molar-refractivity contribution in [3.8, 4) is 5.75 Å². The van der Waals surface area contributed by atoms with Crippen molar-refractivity contribution in [3.05, 3.63) is 29.8 Å². The Labute approximate surface area is 156 Å². The maximum absolute atomic E-state index is 13.0. The van der Waals surface area contributed by atoms with E-state index in [0.29, 0.717) is 11.8 Å². The van der Waals surface area contributed by atoms with Crippen LogP contribution in [-0.4, -0.2) is 36.0 Å². The molecule has 26 heavy (non-hydrogen) atoms. The molecule has 1 amide bonds. The highest BCUT2D eigenvalue weighted by atomic mass is 16.5. The first-order valence-corrected chi connectivity index (χ1v) is 9.79. The Morgan fingerprint density at radius 3 is 2.58 bits per heavy atom. The van der Waals surface area contributed by atoms with Gasteiger partial charge in [-0.25, -0.2) is 0 Å². The smallest absolute Gasteiger partial charge is 0.258 e. The average molecular weight is 357 g/mol. The van der Waals surface area contributed by atoms with Gasteiger partial charge in [-0.2, -0.15) is 0 Å². The Bertz CT molecular complexity index is 667. The van der Waals surface area contributed by atoms with Crippen molar-refractivity contribution in [2.45, 2.75) is 63.8 Å². The van der Waals surface area contributed by atoms with E-state index in [-0.39, 0.29) is 18.5 Å². The molecule has 2 fully saturated rings. The third-order valence-electron chi connectivity index (χ3n) is 5.78. The lowest BCUT2D eigenvalue weighted by Crippen LogP contribution is -2.53. The zero-order valence-electron chi connectivity index (χ0n) is 16.2. The lowest BCUT2D eigenvalue weighted by atomic mass is 9.79. The van der Waals surface area contributed by atoms with E-state index in [1.165, 1.54) is 24.2 Å². The van der Waals surface area contributed by atoms with Gasteiger partial charge >= 0.3 is 0 Å². The minimum atomic E-state index is -0.821. The number of carbonyl (C=O) groups is 1. The molecule has 1 aliphatic heterocycles. The van der Waals surface area contributed by atoms with E-state index < -0.39 is 5.54 Å². The van der Waals surface area contributed by atoms with E-state index in [0.717, 1.165) is 30.6 Å². The van der Waals surface area contributed by atoms with Crippen LogP contribution in [0.1, 0.15) is 63.9 Å². The molecule has 1 aromatic rings. The molecular weight excluding hydrogens is 326 g/mol. The fourth-order valence-electron chi connectivity index (χ4n) is 4.26. The Morgan fingerprint density at radius 1 is 1.27 bits per heavy atom. The van der Waals surface area contributed by atoms with Crippen LogP contribution in [0, 0.1) is 11.3 Å². The van der Waals surface area contributed by atoms with Crippen LogP contribution in [0.25, 0.3) is 0 Å². The maximum Gasteiger partial charge on any atom is 0.258 e. The number of benzene rings is 1. The van der Waals surface area contributed by atoms with Crippen molar-refractivity contribution in [3.63, 3.8) is 0 Å². The van der Waals surface area contributed by atoms with E-state index in [2.05, 4.69) is 25.2 Å². The number of para-hydroxylation sites is 1. The molecule has 1 atom stereocenters. The van der Waals surface area contributed by atoms with Crippen LogP contribution in [0.2, 0.25) is 0 Å². The standard InChI is InChI=1S/C21H31N3O2/c1-15(2)17-11-7-8-12-18(17)26-14-21(13-16-9-5-4-6-10-16)19(25)24(3)20(22)23-21/h7-8,11-12,15-16H,4-6,9-10,13-14H2,1-3H3,(H2,22,23). The topological polar surface area (TPSA) is 65.4 Å². The maximum atomic E-state index is 13.0. The van der Waals surface area contributed by atoms with Crippen molar-refractivity contribution in [2.24, 2.45) is 5.92 Å². The first-order valence-electron chi connectivity index (χ1n) is 9.79. The molecule has 0 bridgehead atoms. The molecule has 1 saturated carbocycles. The van der Waals surface area contributed by atoms with Crippen molar-refractivity contribution < 1.29 is 9.53 Å². The molecule has 1 saturated heterocycles. The lowest BCUT2D eigenvalue weighted by molar-refractivity contribution is -0.132. The van der Waals surface area contributed by atoms with Crippen LogP contribution in [0.4, 0.5) is 0 Å². The average Bonchev–Trinajstić information content (AvgIpc) is 2.85. The SMILES string of the molecule is CC(C)c1ccccc1OCC1(CC2CCCCC2)NC(=N)N(C)C1=O.